The first-order valence-electron chi connectivity index (χ1n) is 5.55. The van der Waals surface area contributed by atoms with Crippen LogP contribution in [0.15, 0.2) is 0 Å². The SMILES string of the molecule is CCS(=O)(=O)COCCOCCOCCOC. The fourth-order valence-corrected chi connectivity index (χ4v) is 1.39. The molecule has 0 unspecified atom stereocenters. The van der Waals surface area contributed by atoms with Crippen LogP contribution in [0.4, 0.5) is 0 Å². The van der Waals surface area contributed by atoms with Crippen LogP contribution in [0.3, 0.4) is 0 Å². The predicted octanol–water partition coefficient (Wildman–Crippen LogP) is 0.0748. The quantitative estimate of drug-likeness (QED) is 0.468. The highest BCUT2D eigenvalue weighted by Crippen LogP contribution is 1.90. The Bertz CT molecular complexity index is 252. The van der Waals surface area contributed by atoms with Crippen LogP contribution < -0.4 is 0 Å². The minimum absolute atomic E-state index is 0.0984. The van der Waals surface area contributed by atoms with Crippen LogP contribution in [-0.4, -0.2) is 66.9 Å². The molecule has 6 nitrogen and oxygen atoms in total. The Kier molecular flexibility index (Phi) is 10.8. The first kappa shape index (κ1) is 16.8. The summed E-state index contributed by atoms with van der Waals surface area (Å²) in [5.41, 5.74) is 0. The summed E-state index contributed by atoms with van der Waals surface area (Å²) >= 11 is 0. The van der Waals surface area contributed by atoms with E-state index in [9.17, 15) is 8.42 Å². The average Bonchev–Trinajstić information content (AvgIpc) is 2.31. The van der Waals surface area contributed by atoms with Crippen molar-refractivity contribution in [2.24, 2.45) is 0 Å². The smallest absolute Gasteiger partial charge is 0.173 e. The van der Waals surface area contributed by atoms with Gasteiger partial charge in [-0.1, -0.05) is 6.92 Å². The van der Waals surface area contributed by atoms with Gasteiger partial charge in [0.2, 0.25) is 0 Å². The van der Waals surface area contributed by atoms with E-state index in [1.807, 2.05) is 0 Å². The minimum Gasteiger partial charge on any atom is -0.382 e. The molecular formula is C10H22O6S. The van der Waals surface area contributed by atoms with E-state index in [0.29, 0.717) is 33.0 Å². The van der Waals surface area contributed by atoms with Crippen molar-refractivity contribution in [1.82, 2.24) is 0 Å². The third kappa shape index (κ3) is 12.0. The van der Waals surface area contributed by atoms with Gasteiger partial charge in [-0.3, -0.25) is 0 Å². The first-order chi connectivity index (χ1) is 8.12. The highest BCUT2D eigenvalue weighted by atomic mass is 32.2. The van der Waals surface area contributed by atoms with Crippen molar-refractivity contribution in [1.29, 1.82) is 0 Å². The van der Waals surface area contributed by atoms with Crippen molar-refractivity contribution in [2.75, 3.05) is 58.4 Å². The molecule has 0 aliphatic heterocycles. The fourth-order valence-electron chi connectivity index (χ4n) is 0.851. The highest BCUT2D eigenvalue weighted by Gasteiger charge is 2.06. The summed E-state index contributed by atoms with van der Waals surface area (Å²) in [4.78, 5) is 0. The fraction of sp³-hybridized carbons (Fsp3) is 1.00. The van der Waals surface area contributed by atoms with Crippen LogP contribution >= 0.6 is 0 Å². The van der Waals surface area contributed by atoms with Gasteiger partial charge >= 0.3 is 0 Å². The number of rotatable bonds is 12. The lowest BCUT2D eigenvalue weighted by Crippen LogP contribution is -2.15. The van der Waals surface area contributed by atoms with Crippen LogP contribution in [-0.2, 0) is 28.8 Å². The molecule has 0 aromatic rings. The van der Waals surface area contributed by atoms with E-state index in [-0.39, 0.29) is 18.3 Å². The Labute approximate surface area is 103 Å². The standard InChI is InChI=1S/C10H22O6S/c1-3-17(11,12)10-16-9-8-15-7-6-14-5-4-13-2/h3-10H2,1-2H3. The zero-order chi connectivity index (χ0) is 13.0. The van der Waals surface area contributed by atoms with E-state index in [2.05, 4.69) is 0 Å². The molecular weight excluding hydrogens is 248 g/mol. The maximum atomic E-state index is 11.0. The second-order valence-corrected chi connectivity index (χ2v) is 5.58. The molecule has 104 valence electrons. The summed E-state index contributed by atoms with van der Waals surface area (Å²) in [5.74, 6) is -0.140. The van der Waals surface area contributed by atoms with Crippen molar-refractivity contribution < 1.29 is 27.4 Å². The number of ether oxygens (including phenoxy) is 4. The maximum absolute atomic E-state index is 11.0. The van der Waals surface area contributed by atoms with Gasteiger partial charge in [-0.05, 0) is 0 Å². The molecule has 7 heteroatoms. The number of methoxy groups -OCH3 is 1. The van der Waals surface area contributed by atoms with Crippen molar-refractivity contribution >= 4 is 9.84 Å². The van der Waals surface area contributed by atoms with Gasteiger partial charge in [0.1, 0.15) is 5.94 Å². The van der Waals surface area contributed by atoms with Gasteiger partial charge in [0, 0.05) is 12.9 Å². The monoisotopic (exact) mass is 270 g/mol. The molecule has 0 aromatic carbocycles. The van der Waals surface area contributed by atoms with Crippen LogP contribution in [0, 0.1) is 0 Å². The molecule has 17 heavy (non-hydrogen) atoms. The van der Waals surface area contributed by atoms with E-state index in [4.69, 9.17) is 18.9 Å². The molecule has 0 heterocycles. The van der Waals surface area contributed by atoms with Crippen LogP contribution in [0.1, 0.15) is 6.92 Å². The minimum atomic E-state index is -3.04. The van der Waals surface area contributed by atoms with Gasteiger partial charge in [0.15, 0.2) is 9.84 Å². The molecule has 0 aromatic heterocycles. The van der Waals surface area contributed by atoms with Gasteiger partial charge in [0.05, 0.1) is 39.6 Å². The molecule has 0 saturated heterocycles. The highest BCUT2D eigenvalue weighted by molar-refractivity contribution is 7.91. The lowest BCUT2D eigenvalue weighted by molar-refractivity contribution is 0.00873. The van der Waals surface area contributed by atoms with E-state index < -0.39 is 9.84 Å². The third-order valence-electron chi connectivity index (χ3n) is 1.88. The molecule has 0 aliphatic rings. The van der Waals surface area contributed by atoms with Gasteiger partial charge < -0.3 is 18.9 Å². The Morgan fingerprint density at radius 3 is 1.76 bits per heavy atom. The van der Waals surface area contributed by atoms with Gasteiger partial charge in [0.25, 0.3) is 0 Å². The molecule has 0 fully saturated rings. The Hall–Kier alpha value is -0.210. The molecule has 0 saturated carbocycles. The lowest BCUT2D eigenvalue weighted by Gasteiger charge is -2.06. The van der Waals surface area contributed by atoms with Crippen molar-refractivity contribution in [3.63, 3.8) is 0 Å². The predicted molar refractivity (Wildman–Crippen MR) is 63.8 cm³/mol. The summed E-state index contributed by atoms with van der Waals surface area (Å²) in [6, 6.07) is 0. The summed E-state index contributed by atoms with van der Waals surface area (Å²) in [7, 11) is -1.43. The molecule has 0 amide bonds. The van der Waals surface area contributed by atoms with E-state index in [1.165, 1.54) is 0 Å². The molecule has 0 spiro atoms. The molecule has 0 bridgehead atoms. The Morgan fingerprint density at radius 2 is 1.29 bits per heavy atom. The summed E-state index contributed by atoms with van der Waals surface area (Å²) in [6.07, 6.45) is 0. The van der Waals surface area contributed by atoms with E-state index in [0.717, 1.165) is 0 Å². The third-order valence-corrected chi connectivity index (χ3v) is 3.28. The van der Waals surface area contributed by atoms with Crippen LogP contribution in [0.25, 0.3) is 0 Å². The zero-order valence-electron chi connectivity index (χ0n) is 10.5. The van der Waals surface area contributed by atoms with Gasteiger partial charge in [-0.15, -0.1) is 0 Å². The lowest BCUT2D eigenvalue weighted by atomic mass is 10.7. The van der Waals surface area contributed by atoms with Crippen molar-refractivity contribution in [3.8, 4) is 0 Å². The van der Waals surface area contributed by atoms with E-state index in [1.54, 1.807) is 14.0 Å². The van der Waals surface area contributed by atoms with Crippen LogP contribution in [0.2, 0.25) is 0 Å². The number of sulfone groups is 1. The number of hydrogen-bond acceptors (Lipinski definition) is 6. The van der Waals surface area contributed by atoms with Crippen molar-refractivity contribution in [2.45, 2.75) is 6.92 Å². The van der Waals surface area contributed by atoms with E-state index >= 15 is 0 Å². The van der Waals surface area contributed by atoms with Gasteiger partial charge in [-0.25, -0.2) is 8.42 Å². The van der Waals surface area contributed by atoms with Crippen molar-refractivity contribution in [3.05, 3.63) is 0 Å². The largest absolute Gasteiger partial charge is 0.382 e. The number of hydrogen-bond donors (Lipinski definition) is 0. The molecule has 0 radical (unpaired) electrons. The summed E-state index contributed by atoms with van der Waals surface area (Å²) in [5, 5.41) is 0. The Balaban J connectivity index is 3.14. The average molecular weight is 270 g/mol. The van der Waals surface area contributed by atoms with Crippen LogP contribution in [0.5, 0.6) is 0 Å². The first-order valence-corrected chi connectivity index (χ1v) is 7.37. The second-order valence-electron chi connectivity index (χ2n) is 3.28. The molecule has 0 rings (SSSR count). The Morgan fingerprint density at radius 1 is 0.824 bits per heavy atom. The van der Waals surface area contributed by atoms with Gasteiger partial charge in [-0.2, -0.15) is 0 Å². The maximum Gasteiger partial charge on any atom is 0.173 e. The normalized spacial score (nSPS) is 11.9. The molecule has 0 N–H and O–H groups in total. The summed E-state index contributed by atoms with van der Waals surface area (Å²) in [6.45, 7) is 4.31. The zero-order valence-corrected chi connectivity index (χ0v) is 11.3. The summed E-state index contributed by atoms with van der Waals surface area (Å²) < 4.78 is 42.2. The molecule has 0 atom stereocenters. The molecule has 0 aliphatic carbocycles. The second kappa shape index (κ2) is 10.9. The topological polar surface area (TPSA) is 71.1 Å².